The van der Waals surface area contributed by atoms with E-state index in [4.69, 9.17) is 0 Å². The molecule has 2 aromatic rings. The molecule has 0 radical (unpaired) electrons. The number of carbonyl (C=O) groups is 1. The Morgan fingerprint density at radius 1 is 1.50 bits per heavy atom. The number of thiophene rings is 1. The minimum absolute atomic E-state index is 0.197. The summed E-state index contributed by atoms with van der Waals surface area (Å²) >= 11 is 1.50. The van der Waals surface area contributed by atoms with Crippen LogP contribution in [-0.2, 0) is 6.54 Å². The maximum atomic E-state index is 11.8. The number of aromatic nitrogens is 2. The first kappa shape index (κ1) is 11.1. The van der Waals surface area contributed by atoms with E-state index >= 15 is 0 Å². The van der Waals surface area contributed by atoms with Gasteiger partial charge in [0.1, 0.15) is 0 Å². The summed E-state index contributed by atoms with van der Waals surface area (Å²) in [5.74, 6) is 0.197. The third kappa shape index (κ3) is 2.39. The van der Waals surface area contributed by atoms with Gasteiger partial charge in [0.25, 0.3) is 0 Å². The highest BCUT2D eigenvalue weighted by atomic mass is 32.1. The molecule has 2 rings (SSSR count). The molecule has 0 N–H and O–H groups in total. The van der Waals surface area contributed by atoms with Crippen LogP contribution in [0.3, 0.4) is 0 Å². The molecular weight excluding hydrogens is 220 g/mol. The predicted molar refractivity (Wildman–Crippen MR) is 65.0 cm³/mol. The summed E-state index contributed by atoms with van der Waals surface area (Å²) in [7, 11) is 0. The summed E-state index contributed by atoms with van der Waals surface area (Å²) in [6, 6.07) is 5.80. The van der Waals surface area contributed by atoms with Crippen LogP contribution < -0.4 is 0 Å². The van der Waals surface area contributed by atoms with Gasteiger partial charge in [-0.3, -0.25) is 9.48 Å². The maximum absolute atomic E-state index is 11.8. The van der Waals surface area contributed by atoms with Crippen molar-refractivity contribution in [2.45, 2.75) is 26.8 Å². The number of carbonyl (C=O) groups excluding carboxylic acids is 1. The van der Waals surface area contributed by atoms with Gasteiger partial charge in [0.15, 0.2) is 5.78 Å². The Bertz CT molecular complexity index is 485. The summed E-state index contributed by atoms with van der Waals surface area (Å²) < 4.78 is 1.89. The second kappa shape index (κ2) is 4.61. The van der Waals surface area contributed by atoms with Gasteiger partial charge in [0, 0.05) is 18.7 Å². The molecule has 0 amide bonds. The van der Waals surface area contributed by atoms with Crippen molar-refractivity contribution < 1.29 is 4.79 Å². The molecular formula is C12H14N2OS. The first-order valence-electron chi connectivity index (χ1n) is 5.24. The Kier molecular flexibility index (Phi) is 3.19. The molecule has 0 atom stereocenters. The third-order valence-electron chi connectivity index (χ3n) is 2.45. The van der Waals surface area contributed by atoms with E-state index in [1.165, 1.54) is 11.3 Å². The third-order valence-corrected chi connectivity index (χ3v) is 3.36. The van der Waals surface area contributed by atoms with Gasteiger partial charge in [-0.1, -0.05) is 6.07 Å². The van der Waals surface area contributed by atoms with Crippen molar-refractivity contribution in [1.82, 2.24) is 9.78 Å². The van der Waals surface area contributed by atoms with E-state index in [-0.39, 0.29) is 5.78 Å². The number of ketones is 1. The van der Waals surface area contributed by atoms with Gasteiger partial charge in [-0.05, 0) is 31.4 Å². The summed E-state index contributed by atoms with van der Waals surface area (Å²) in [6.07, 6.45) is 0.516. The topological polar surface area (TPSA) is 34.9 Å². The molecule has 0 aromatic carbocycles. The molecule has 0 saturated carbocycles. The first-order valence-corrected chi connectivity index (χ1v) is 6.12. The van der Waals surface area contributed by atoms with Crippen molar-refractivity contribution in [3.8, 4) is 0 Å². The standard InChI is InChI=1S/C12H14N2OS/c1-9-8-10(2)14(13-9)6-5-11(15)12-4-3-7-16-12/h3-4,7-8H,5-6H2,1-2H3. The number of Topliss-reactive ketones (excluding diaryl/α,β-unsaturated/α-hetero) is 1. The number of rotatable bonds is 4. The predicted octanol–water partition coefficient (Wildman–Crippen LogP) is 2.83. The van der Waals surface area contributed by atoms with Crippen LogP contribution in [0.5, 0.6) is 0 Å². The van der Waals surface area contributed by atoms with E-state index in [1.807, 2.05) is 42.1 Å². The number of aryl methyl sites for hydroxylation is 3. The van der Waals surface area contributed by atoms with Gasteiger partial charge >= 0.3 is 0 Å². The van der Waals surface area contributed by atoms with Crippen LogP contribution in [0.4, 0.5) is 0 Å². The first-order chi connectivity index (χ1) is 7.66. The van der Waals surface area contributed by atoms with Crippen molar-refractivity contribution in [1.29, 1.82) is 0 Å². The lowest BCUT2D eigenvalue weighted by molar-refractivity contribution is 0.0979. The molecule has 0 unspecified atom stereocenters. The monoisotopic (exact) mass is 234 g/mol. The number of hydrogen-bond acceptors (Lipinski definition) is 3. The minimum Gasteiger partial charge on any atom is -0.293 e. The molecule has 84 valence electrons. The number of hydrogen-bond donors (Lipinski definition) is 0. The molecule has 0 fully saturated rings. The lowest BCUT2D eigenvalue weighted by Crippen LogP contribution is -2.07. The van der Waals surface area contributed by atoms with Crippen LogP contribution in [0.1, 0.15) is 27.5 Å². The van der Waals surface area contributed by atoms with Gasteiger partial charge in [-0.2, -0.15) is 5.10 Å². The molecule has 0 aliphatic rings. The van der Waals surface area contributed by atoms with Gasteiger partial charge < -0.3 is 0 Å². The average molecular weight is 234 g/mol. The van der Waals surface area contributed by atoms with Crippen molar-refractivity contribution in [3.63, 3.8) is 0 Å². The van der Waals surface area contributed by atoms with Crippen LogP contribution in [0.15, 0.2) is 23.6 Å². The van der Waals surface area contributed by atoms with Gasteiger partial charge in [0.05, 0.1) is 10.6 Å². The van der Waals surface area contributed by atoms with Crippen LogP contribution in [0.2, 0.25) is 0 Å². The van der Waals surface area contributed by atoms with E-state index < -0.39 is 0 Å². The van der Waals surface area contributed by atoms with Crippen LogP contribution in [-0.4, -0.2) is 15.6 Å². The van der Waals surface area contributed by atoms with Crippen molar-refractivity contribution >= 4 is 17.1 Å². The van der Waals surface area contributed by atoms with Crippen molar-refractivity contribution in [2.75, 3.05) is 0 Å². The van der Waals surface area contributed by atoms with E-state index in [9.17, 15) is 4.79 Å². The normalized spacial score (nSPS) is 10.6. The second-order valence-electron chi connectivity index (χ2n) is 3.80. The molecule has 0 aliphatic heterocycles. The lowest BCUT2D eigenvalue weighted by Gasteiger charge is -2.02. The summed E-state index contributed by atoms with van der Waals surface area (Å²) in [5.41, 5.74) is 2.11. The fraction of sp³-hybridized carbons (Fsp3) is 0.333. The SMILES string of the molecule is Cc1cc(C)n(CCC(=O)c2cccs2)n1. The molecule has 0 saturated heterocycles. The summed E-state index contributed by atoms with van der Waals surface area (Å²) in [4.78, 5) is 12.6. The Hall–Kier alpha value is -1.42. The van der Waals surface area contributed by atoms with Gasteiger partial charge in [-0.25, -0.2) is 0 Å². The van der Waals surface area contributed by atoms with Gasteiger partial charge in [0.2, 0.25) is 0 Å². The molecule has 16 heavy (non-hydrogen) atoms. The van der Waals surface area contributed by atoms with Crippen LogP contribution in [0.25, 0.3) is 0 Å². The largest absolute Gasteiger partial charge is 0.293 e. The van der Waals surface area contributed by atoms with Crippen molar-refractivity contribution in [2.24, 2.45) is 0 Å². The molecule has 2 heterocycles. The Morgan fingerprint density at radius 2 is 2.31 bits per heavy atom. The van der Waals surface area contributed by atoms with Crippen LogP contribution in [0, 0.1) is 13.8 Å². The fourth-order valence-electron chi connectivity index (χ4n) is 1.67. The molecule has 4 heteroatoms. The highest BCUT2D eigenvalue weighted by molar-refractivity contribution is 7.12. The highest BCUT2D eigenvalue weighted by Crippen LogP contribution is 2.12. The quantitative estimate of drug-likeness (QED) is 0.762. The van der Waals surface area contributed by atoms with E-state index in [0.717, 1.165) is 16.3 Å². The molecule has 0 spiro atoms. The Balaban J connectivity index is 1.98. The van der Waals surface area contributed by atoms with E-state index in [2.05, 4.69) is 5.10 Å². The Labute approximate surface area is 98.7 Å². The second-order valence-corrected chi connectivity index (χ2v) is 4.75. The highest BCUT2D eigenvalue weighted by Gasteiger charge is 2.08. The van der Waals surface area contributed by atoms with Gasteiger partial charge in [-0.15, -0.1) is 11.3 Å². The average Bonchev–Trinajstić information content (AvgIpc) is 2.84. The fourth-order valence-corrected chi connectivity index (χ4v) is 2.36. The summed E-state index contributed by atoms with van der Waals surface area (Å²) in [6.45, 7) is 4.64. The van der Waals surface area contributed by atoms with E-state index in [0.29, 0.717) is 13.0 Å². The molecule has 3 nitrogen and oxygen atoms in total. The summed E-state index contributed by atoms with van der Waals surface area (Å²) in [5, 5.41) is 6.26. The zero-order valence-corrected chi connectivity index (χ0v) is 10.3. The molecule has 0 aliphatic carbocycles. The molecule has 0 bridgehead atoms. The van der Waals surface area contributed by atoms with Crippen molar-refractivity contribution in [3.05, 3.63) is 39.8 Å². The number of nitrogens with zero attached hydrogens (tertiary/aromatic N) is 2. The zero-order valence-electron chi connectivity index (χ0n) is 9.43. The minimum atomic E-state index is 0.197. The lowest BCUT2D eigenvalue weighted by atomic mass is 10.2. The zero-order chi connectivity index (χ0) is 11.5. The Morgan fingerprint density at radius 3 is 2.88 bits per heavy atom. The van der Waals surface area contributed by atoms with Crippen LogP contribution >= 0.6 is 11.3 Å². The molecule has 2 aromatic heterocycles. The van der Waals surface area contributed by atoms with E-state index in [1.54, 1.807) is 0 Å². The maximum Gasteiger partial charge on any atom is 0.174 e. The smallest absolute Gasteiger partial charge is 0.174 e.